The van der Waals surface area contributed by atoms with Crippen LogP contribution in [0.5, 0.6) is 0 Å². The molecule has 5 heteroatoms. The van der Waals surface area contributed by atoms with E-state index in [0.717, 1.165) is 45.0 Å². The lowest BCUT2D eigenvalue weighted by atomic mass is 10.1. The molecule has 5 nitrogen and oxygen atoms in total. The van der Waals surface area contributed by atoms with Crippen molar-refractivity contribution in [3.63, 3.8) is 0 Å². The fourth-order valence-corrected chi connectivity index (χ4v) is 3.55. The average Bonchev–Trinajstić information content (AvgIpc) is 2.84. The average molecular weight is 316 g/mol. The monoisotopic (exact) mass is 316 g/mol. The number of rotatable bonds is 5. The van der Waals surface area contributed by atoms with Gasteiger partial charge in [0.1, 0.15) is 5.82 Å². The fourth-order valence-electron chi connectivity index (χ4n) is 3.55. The van der Waals surface area contributed by atoms with Gasteiger partial charge in [0.25, 0.3) is 0 Å². The molecule has 126 valence electrons. The van der Waals surface area contributed by atoms with Gasteiger partial charge in [0.2, 0.25) is 5.91 Å². The van der Waals surface area contributed by atoms with Gasteiger partial charge >= 0.3 is 0 Å². The Balaban J connectivity index is 1.40. The second-order valence-electron chi connectivity index (χ2n) is 6.78. The molecule has 3 heterocycles. The summed E-state index contributed by atoms with van der Waals surface area (Å²) in [5.74, 6) is 1.87. The molecule has 1 aromatic rings. The maximum atomic E-state index is 12.5. The van der Waals surface area contributed by atoms with E-state index >= 15 is 0 Å². The number of hydrogen-bond donors (Lipinski definition) is 1. The van der Waals surface area contributed by atoms with Gasteiger partial charge in [-0.05, 0) is 43.9 Å². The summed E-state index contributed by atoms with van der Waals surface area (Å²) in [5, 5.41) is 3.40. The summed E-state index contributed by atoms with van der Waals surface area (Å²) in [6.45, 7) is 5.49. The molecule has 3 rings (SSSR count). The van der Waals surface area contributed by atoms with Crippen molar-refractivity contribution < 1.29 is 4.79 Å². The molecule has 1 amide bonds. The van der Waals surface area contributed by atoms with E-state index < -0.39 is 0 Å². The number of anilines is 1. The molecule has 0 aliphatic carbocycles. The fraction of sp³-hybridized carbons (Fsp3) is 0.667. The second kappa shape index (κ2) is 8.29. The smallest absolute Gasteiger partial charge is 0.236 e. The highest BCUT2D eigenvalue weighted by Crippen LogP contribution is 2.17. The molecule has 2 fully saturated rings. The van der Waals surface area contributed by atoms with Gasteiger partial charge in [-0.2, -0.15) is 0 Å². The Bertz CT molecular complexity index is 485. The molecule has 2 aliphatic rings. The van der Waals surface area contributed by atoms with Crippen LogP contribution in [0.25, 0.3) is 0 Å². The predicted octanol–water partition coefficient (Wildman–Crippen LogP) is 2.22. The summed E-state index contributed by atoms with van der Waals surface area (Å²) >= 11 is 0. The minimum Gasteiger partial charge on any atom is -0.370 e. The van der Waals surface area contributed by atoms with Crippen LogP contribution in [0.1, 0.15) is 32.1 Å². The van der Waals surface area contributed by atoms with Crippen LogP contribution in [0, 0.1) is 5.92 Å². The van der Waals surface area contributed by atoms with Gasteiger partial charge in [-0.3, -0.25) is 9.69 Å². The van der Waals surface area contributed by atoms with Crippen molar-refractivity contribution in [2.45, 2.75) is 32.1 Å². The van der Waals surface area contributed by atoms with Crippen LogP contribution in [-0.4, -0.2) is 60.0 Å². The summed E-state index contributed by atoms with van der Waals surface area (Å²) < 4.78 is 0. The van der Waals surface area contributed by atoms with Gasteiger partial charge in [-0.15, -0.1) is 0 Å². The zero-order valence-electron chi connectivity index (χ0n) is 13.9. The van der Waals surface area contributed by atoms with E-state index in [-0.39, 0.29) is 0 Å². The van der Waals surface area contributed by atoms with Crippen molar-refractivity contribution in [1.82, 2.24) is 14.8 Å². The van der Waals surface area contributed by atoms with Gasteiger partial charge in [0.15, 0.2) is 0 Å². The van der Waals surface area contributed by atoms with E-state index in [1.807, 2.05) is 24.4 Å². The summed E-state index contributed by atoms with van der Waals surface area (Å²) in [4.78, 5) is 21.1. The Morgan fingerprint density at radius 2 is 2.00 bits per heavy atom. The number of likely N-dealkylation sites (tertiary alicyclic amines) is 2. The van der Waals surface area contributed by atoms with E-state index in [2.05, 4.69) is 20.1 Å². The van der Waals surface area contributed by atoms with Crippen molar-refractivity contribution in [3.05, 3.63) is 24.4 Å². The maximum absolute atomic E-state index is 12.5. The molecular weight excluding hydrogens is 288 g/mol. The Hall–Kier alpha value is -1.62. The van der Waals surface area contributed by atoms with Crippen molar-refractivity contribution in [2.75, 3.05) is 44.6 Å². The van der Waals surface area contributed by atoms with Crippen LogP contribution in [0.2, 0.25) is 0 Å². The highest BCUT2D eigenvalue weighted by atomic mass is 16.2. The largest absolute Gasteiger partial charge is 0.370 e. The minimum absolute atomic E-state index is 0.324. The summed E-state index contributed by atoms with van der Waals surface area (Å²) in [5.41, 5.74) is 0. The molecule has 0 bridgehead atoms. The SMILES string of the molecule is O=C(CN1CCC(CNc2ccccn2)C1)N1CCCCCC1. The number of aromatic nitrogens is 1. The summed E-state index contributed by atoms with van der Waals surface area (Å²) in [7, 11) is 0. The zero-order valence-corrected chi connectivity index (χ0v) is 13.9. The molecule has 0 saturated carbocycles. The number of nitrogens with one attached hydrogen (secondary N) is 1. The van der Waals surface area contributed by atoms with Crippen LogP contribution < -0.4 is 5.32 Å². The summed E-state index contributed by atoms with van der Waals surface area (Å²) in [6.07, 6.45) is 7.85. The van der Waals surface area contributed by atoms with Crippen LogP contribution in [0.4, 0.5) is 5.82 Å². The quantitative estimate of drug-likeness (QED) is 0.905. The van der Waals surface area contributed by atoms with E-state index in [9.17, 15) is 4.79 Å². The Morgan fingerprint density at radius 1 is 1.17 bits per heavy atom. The first-order chi connectivity index (χ1) is 11.3. The first kappa shape index (κ1) is 16.2. The lowest BCUT2D eigenvalue weighted by Crippen LogP contribution is -2.40. The lowest BCUT2D eigenvalue weighted by molar-refractivity contribution is -0.132. The van der Waals surface area contributed by atoms with Gasteiger partial charge in [0, 0.05) is 32.4 Å². The molecule has 1 aromatic heterocycles. The normalized spacial score (nSPS) is 22.8. The first-order valence-electron chi connectivity index (χ1n) is 8.96. The number of hydrogen-bond acceptors (Lipinski definition) is 4. The van der Waals surface area contributed by atoms with Crippen molar-refractivity contribution in [3.8, 4) is 0 Å². The molecule has 2 aliphatic heterocycles. The first-order valence-corrected chi connectivity index (χ1v) is 8.96. The molecule has 2 saturated heterocycles. The van der Waals surface area contributed by atoms with E-state index in [0.29, 0.717) is 18.4 Å². The van der Waals surface area contributed by atoms with Crippen molar-refractivity contribution >= 4 is 11.7 Å². The minimum atomic E-state index is 0.324. The molecule has 1 N–H and O–H groups in total. The molecule has 0 aromatic carbocycles. The molecule has 1 atom stereocenters. The molecule has 0 spiro atoms. The maximum Gasteiger partial charge on any atom is 0.236 e. The third kappa shape index (κ3) is 4.93. The van der Waals surface area contributed by atoms with E-state index in [1.54, 1.807) is 0 Å². The summed E-state index contributed by atoms with van der Waals surface area (Å²) in [6, 6.07) is 5.92. The Morgan fingerprint density at radius 3 is 2.74 bits per heavy atom. The van der Waals surface area contributed by atoms with Gasteiger partial charge < -0.3 is 10.2 Å². The molecular formula is C18H28N4O. The van der Waals surface area contributed by atoms with Crippen LogP contribution in [0.15, 0.2) is 24.4 Å². The van der Waals surface area contributed by atoms with Gasteiger partial charge in [0.05, 0.1) is 6.54 Å². The van der Waals surface area contributed by atoms with Crippen molar-refractivity contribution in [1.29, 1.82) is 0 Å². The van der Waals surface area contributed by atoms with Crippen LogP contribution in [0.3, 0.4) is 0 Å². The number of pyridine rings is 1. The van der Waals surface area contributed by atoms with E-state index in [4.69, 9.17) is 0 Å². The Kier molecular flexibility index (Phi) is 5.86. The van der Waals surface area contributed by atoms with E-state index in [1.165, 1.54) is 25.7 Å². The third-order valence-corrected chi connectivity index (χ3v) is 4.92. The molecule has 0 radical (unpaired) electrons. The molecule has 23 heavy (non-hydrogen) atoms. The van der Waals surface area contributed by atoms with Gasteiger partial charge in [-0.1, -0.05) is 18.9 Å². The number of amides is 1. The third-order valence-electron chi connectivity index (χ3n) is 4.92. The highest BCUT2D eigenvalue weighted by Gasteiger charge is 2.25. The second-order valence-corrected chi connectivity index (χ2v) is 6.78. The zero-order chi connectivity index (χ0) is 15.9. The predicted molar refractivity (Wildman–Crippen MR) is 92.3 cm³/mol. The lowest BCUT2D eigenvalue weighted by Gasteiger charge is -2.24. The van der Waals surface area contributed by atoms with Crippen LogP contribution in [-0.2, 0) is 4.79 Å². The Labute approximate surface area is 139 Å². The number of carbonyl (C=O) groups is 1. The number of nitrogens with zero attached hydrogens (tertiary/aromatic N) is 3. The standard InChI is InChI=1S/C18H28N4O/c23-18(22-10-5-1-2-6-11-22)15-21-12-8-16(14-21)13-20-17-7-3-4-9-19-17/h3-4,7,9,16H,1-2,5-6,8,10-15H2,(H,19,20). The highest BCUT2D eigenvalue weighted by molar-refractivity contribution is 5.78. The topological polar surface area (TPSA) is 48.5 Å². The molecule has 1 unspecified atom stereocenters. The van der Waals surface area contributed by atoms with Crippen molar-refractivity contribution in [2.24, 2.45) is 5.92 Å². The number of carbonyl (C=O) groups excluding carboxylic acids is 1. The van der Waals surface area contributed by atoms with Gasteiger partial charge in [-0.25, -0.2) is 4.98 Å². The van der Waals surface area contributed by atoms with Crippen LogP contribution >= 0.6 is 0 Å².